The van der Waals surface area contributed by atoms with Crippen molar-refractivity contribution in [2.24, 2.45) is 17.8 Å². The Hall–Kier alpha value is -2.96. The van der Waals surface area contributed by atoms with Crippen LogP contribution in [-0.2, 0) is 6.18 Å². The number of rotatable bonds is 10. The molecule has 41 heavy (non-hydrogen) atoms. The molecule has 4 rings (SSSR count). The molecule has 0 bridgehead atoms. The number of phenolic OH excluding ortho intramolecular Hbond substituents is 1. The van der Waals surface area contributed by atoms with Gasteiger partial charge in [-0.3, -0.25) is 9.69 Å². The Balaban J connectivity index is 1.13. The van der Waals surface area contributed by atoms with E-state index in [4.69, 9.17) is 11.6 Å². The highest BCUT2D eigenvalue weighted by atomic mass is 35.5. The van der Waals surface area contributed by atoms with Gasteiger partial charge in [-0.1, -0.05) is 36.6 Å². The van der Waals surface area contributed by atoms with Crippen molar-refractivity contribution in [3.63, 3.8) is 0 Å². The molecular formula is C31H38ClF3N4O2. The fourth-order valence-electron chi connectivity index (χ4n) is 6.09. The number of hydrogen-bond donors (Lipinski definition) is 2. The summed E-state index contributed by atoms with van der Waals surface area (Å²) in [5.74, 6) is 0.650. The molecule has 1 amide bonds. The number of nitrogens with one attached hydrogen (secondary N) is 1. The van der Waals surface area contributed by atoms with Gasteiger partial charge in [0, 0.05) is 44.3 Å². The standard InChI is InChI=1S/C31H38ClF3N4O2/c32-28-12-11-25(20-27(28)31(33,34)35)39-18-16-38(17-19-39)15-13-22-7-9-23(10-8-22)24(21-36)4-3-14-37-30(41)26-5-1-2-6-29(26)40/h1-2,5-6,11-12,20,22-24,40H,3-4,7-10,13-19H2,(H,37,41). The second-order valence-electron chi connectivity index (χ2n) is 11.2. The summed E-state index contributed by atoms with van der Waals surface area (Å²) in [6, 6.07) is 13.1. The van der Waals surface area contributed by atoms with Crippen molar-refractivity contribution >= 4 is 23.2 Å². The van der Waals surface area contributed by atoms with Crippen LogP contribution in [0.15, 0.2) is 42.5 Å². The maximum Gasteiger partial charge on any atom is 0.417 e. The molecule has 1 aliphatic heterocycles. The molecule has 10 heteroatoms. The van der Waals surface area contributed by atoms with E-state index in [1.807, 2.05) is 4.90 Å². The molecule has 2 N–H and O–H groups in total. The number of anilines is 1. The van der Waals surface area contributed by atoms with E-state index < -0.39 is 11.7 Å². The normalized spacial score (nSPS) is 20.8. The SMILES string of the molecule is N#CC(CCCNC(=O)c1ccccc1O)C1CCC(CCN2CCN(c3ccc(Cl)c(C(F)(F)F)c3)CC2)CC1. The third-order valence-electron chi connectivity index (χ3n) is 8.60. The first-order chi connectivity index (χ1) is 19.7. The van der Waals surface area contributed by atoms with E-state index in [0.29, 0.717) is 37.2 Å². The van der Waals surface area contributed by atoms with E-state index in [1.165, 1.54) is 12.1 Å². The molecule has 1 saturated carbocycles. The summed E-state index contributed by atoms with van der Waals surface area (Å²) in [5, 5.41) is 22.1. The second-order valence-corrected chi connectivity index (χ2v) is 11.6. The lowest BCUT2D eigenvalue weighted by Gasteiger charge is -2.37. The summed E-state index contributed by atoms with van der Waals surface area (Å²) in [4.78, 5) is 16.6. The first kappa shape index (κ1) is 31.0. The largest absolute Gasteiger partial charge is 0.507 e. The van der Waals surface area contributed by atoms with Crippen molar-refractivity contribution in [1.29, 1.82) is 5.26 Å². The van der Waals surface area contributed by atoms with Gasteiger partial charge < -0.3 is 15.3 Å². The third kappa shape index (κ3) is 8.52. The zero-order valence-corrected chi connectivity index (χ0v) is 23.9. The number of nitriles is 1. The number of nitrogens with zero attached hydrogens (tertiary/aromatic N) is 3. The van der Waals surface area contributed by atoms with Gasteiger partial charge in [0.25, 0.3) is 5.91 Å². The number of carbonyl (C=O) groups is 1. The predicted octanol–water partition coefficient (Wildman–Crippen LogP) is 6.73. The molecule has 1 atom stereocenters. The van der Waals surface area contributed by atoms with Crippen molar-refractivity contribution in [3.05, 3.63) is 58.6 Å². The number of para-hydroxylation sites is 1. The van der Waals surface area contributed by atoms with Crippen molar-refractivity contribution < 1.29 is 23.1 Å². The Morgan fingerprint density at radius 1 is 1.10 bits per heavy atom. The van der Waals surface area contributed by atoms with Gasteiger partial charge >= 0.3 is 6.18 Å². The highest BCUT2D eigenvalue weighted by Crippen LogP contribution is 2.38. The van der Waals surface area contributed by atoms with Crippen molar-refractivity contribution in [1.82, 2.24) is 10.2 Å². The quantitative estimate of drug-likeness (QED) is 0.300. The number of hydrogen-bond acceptors (Lipinski definition) is 5. The van der Waals surface area contributed by atoms with Crippen molar-refractivity contribution in [2.75, 3.05) is 44.2 Å². The van der Waals surface area contributed by atoms with E-state index >= 15 is 0 Å². The van der Waals surface area contributed by atoms with Crippen LogP contribution < -0.4 is 10.2 Å². The lowest BCUT2D eigenvalue weighted by Crippen LogP contribution is -2.47. The smallest absolute Gasteiger partial charge is 0.417 e. The number of piperazine rings is 1. The van der Waals surface area contributed by atoms with Crippen molar-refractivity contribution in [2.45, 2.75) is 51.1 Å². The van der Waals surface area contributed by atoms with Crippen LogP contribution in [0.1, 0.15) is 60.9 Å². The lowest BCUT2D eigenvalue weighted by atomic mass is 9.74. The molecule has 1 heterocycles. The average molecular weight is 591 g/mol. The first-order valence-corrected chi connectivity index (χ1v) is 14.8. The number of aromatic hydroxyl groups is 1. The molecule has 0 radical (unpaired) electrons. The van der Waals surface area contributed by atoms with Crippen LogP contribution >= 0.6 is 11.6 Å². The molecule has 1 unspecified atom stereocenters. The predicted molar refractivity (Wildman–Crippen MR) is 154 cm³/mol. The highest BCUT2D eigenvalue weighted by molar-refractivity contribution is 6.31. The van der Waals surface area contributed by atoms with E-state index in [-0.39, 0.29) is 28.2 Å². The monoisotopic (exact) mass is 590 g/mol. The molecule has 1 aliphatic carbocycles. The number of carbonyl (C=O) groups excluding carboxylic acids is 1. The summed E-state index contributed by atoms with van der Waals surface area (Å²) < 4.78 is 39.7. The van der Waals surface area contributed by atoms with E-state index in [1.54, 1.807) is 24.3 Å². The Morgan fingerprint density at radius 2 is 1.80 bits per heavy atom. The van der Waals surface area contributed by atoms with Gasteiger partial charge in [0.1, 0.15) is 5.75 Å². The third-order valence-corrected chi connectivity index (χ3v) is 8.93. The maximum absolute atomic E-state index is 13.2. The minimum absolute atomic E-state index is 0.0169. The highest BCUT2D eigenvalue weighted by Gasteiger charge is 2.34. The van der Waals surface area contributed by atoms with Gasteiger partial charge in [0.15, 0.2) is 0 Å². The molecule has 0 aromatic heterocycles. The molecule has 1 saturated heterocycles. The topological polar surface area (TPSA) is 79.6 Å². The second kappa shape index (κ2) is 14.3. The van der Waals surface area contributed by atoms with E-state index in [0.717, 1.165) is 70.6 Å². The van der Waals surface area contributed by atoms with Gasteiger partial charge in [-0.25, -0.2) is 0 Å². The fourth-order valence-corrected chi connectivity index (χ4v) is 6.32. The van der Waals surface area contributed by atoms with Crippen LogP contribution in [-0.4, -0.2) is 55.2 Å². The summed E-state index contributed by atoms with van der Waals surface area (Å²) in [5.41, 5.74) is 0.0274. The molecule has 2 aromatic carbocycles. The Bertz CT molecular complexity index is 1200. The molecule has 0 spiro atoms. The van der Waals surface area contributed by atoms with Gasteiger partial charge in [0.05, 0.1) is 22.2 Å². The van der Waals surface area contributed by atoms with Crippen LogP contribution in [0.25, 0.3) is 0 Å². The number of phenols is 1. The van der Waals surface area contributed by atoms with Gasteiger partial charge in [-0.15, -0.1) is 0 Å². The zero-order valence-electron chi connectivity index (χ0n) is 23.2. The summed E-state index contributed by atoms with van der Waals surface area (Å²) in [6.45, 7) is 4.45. The van der Waals surface area contributed by atoms with Crippen LogP contribution in [0.5, 0.6) is 5.75 Å². The number of halogens is 4. The minimum atomic E-state index is -4.47. The van der Waals surface area contributed by atoms with Crippen LogP contribution in [0, 0.1) is 29.1 Å². The maximum atomic E-state index is 13.2. The van der Waals surface area contributed by atoms with Crippen LogP contribution in [0.2, 0.25) is 5.02 Å². The minimum Gasteiger partial charge on any atom is -0.507 e. The molecule has 6 nitrogen and oxygen atoms in total. The summed E-state index contributed by atoms with van der Waals surface area (Å²) in [7, 11) is 0. The Morgan fingerprint density at radius 3 is 2.46 bits per heavy atom. The summed E-state index contributed by atoms with van der Waals surface area (Å²) >= 11 is 5.77. The number of amides is 1. The first-order valence-electron chi connectivity index (χ1n) is 14.5. The van der Waals surface area contributed by atoms with Gasteiger partial charge in [0.2, 0.25) is 0 Å². The molecule has 2 aromatic rings. The van der Waals surface area contributed by atoms with Gasteiger partial charge in [-0.05, 0) is 80.8 Å². The van der Waals surface area contributed by atoms with E-state index in [9.17, 15) is 28.3 Å². The number of benzene rings is 2. The Labute approximate surface area is 245 Å². The molecule has 222 valence electrons. The van der Waals surface area contributed by atoms with Crippen molar-refractivity contribution in [3.8, 4) is 11.8 Å². The number of alkyl halides is 3. The molecular weight excluding hydrogens is 553 g/mol. The average Bonchev–Trinajstić information content (AvgIpc) is 2.96. The van der Waals surface area contributed by atoms with E-state index in [2.05, 4.69) is 16.3 Å². The molecule has 2 fully saturated rings. The fraction of sp³-hybridized carbons (Fsp3) is 0.548. The summed E-state index contributed by atoms with van der Waals surface area (Å²) in [6.07, 6.45) is 2.40. The van der Waals surface area contributed by atoms with Crippen LogP contribution in [0.3, 0.4) is 0 Å². The zero-order chi connectivity index (χ0) is 29.4. The van der Waals surface area contributed by atoms with Crippen LogP contribution in [0.4, 0.5) is 18.9 Å². The molecule has 2 aliphatic rings. The lowest BCUT2D eigenvalue weighted by molar-refractivity contribution is -0.137. The Kier molecular flexibility index (Phi) is 10.8. The van der Waals surface area contributed by atoms with Gasteiger partial charge in [-0.2, -0.15) is 18.4 Å².